The lowest BCUT2D eigenvalue weighted by atomic mass is 9.85. The average Bonchev–Trinajstić information content (AvgIpc) is 3.06. The predicted octanol–water partition coefficient (Wildman–Crippen LogP) is 3.46. The maximum Gasteiger partial charge on any atom is 0.110 e. The van der Waals surface area contributed by atoms with Gasteiger partial charge in [-0.25, -0.2) is 4.98 Å². The van der Waals surface area contributed by atoms with E-state index >= 15 is 0 Å². The lowest BCUT2D eigenvalue weighted by Crippen LogP contribution is -2.27. The van der Waals surface area contributed by atoms with Crippen molar-refractivity contribution in [2.75, 3.05) is 6.54 Å². The lowest BCUT2D eigenvalue weighted by Gasteiger charge is -2.22. The summed E-state index contributed by atoms with van der Waals surface area (Å²) in [6.07, 6.45) is 5.24. The molecule has 102 valence electrons. The Balaban J connectivity index is 1.99. The highest BCUT2D eigenvalue weighted by atomic mass is 14.9. The first-order valence-corrected chi connectivity index (χ1v) is 7.30. The molecule has 0 unspecified atom stereocenters. The van der Waals surface area contributed by atoms with E-state index in [0.29, 0.717) is 12.5 Å². The smallest absolute Gasteiger partial charge is 0.110 e. The van der Waals surface area contributed by atoms with Crippen molar-refractivity contribution in [3.8, 4) is 0 Å². The van der Waals surface area contributed by atoms with E-state index in [-0.39, 0.29) is 5.41 Å². The quantitative estimate of drug-likeness (QED) is 0.884. The molecule has 2 aromatic rings. The van der Waals surface area contributed by atoms with Crippen LogP contribution in [0.25, 0.3) is 11.0 Å². The number of hydrogen-bond acceptors (Lipinski definition) is 2. The first kappa shape index (κ1) is 12.7. The van der Waals surface area contributed by atoms with Crippen molar-refractivity contribution in [1.82, 2.24) is 9.97 Å². The Bertz CT molecular complexity index is 577. The number of hydrogen-bond donors (Lipinski definition) is 2. The number of H-pyrrole nitrogens is 1. The fourth-order valence-electron chi connectivity index (χ4n) is 2.96. The number of rotatable bonds is 3. The van der Waals surface area contributed by atoms with Crippen LogP contribution >= 0.6 is 0 Å². The highest BCUT2D eigenvalue weighted by Crippen LogP contribution is 2.34. The molecule has 1 aliphatic carbocycles. The Kier molecular flexibility index (Phi) is 3.09. The van der Waals surface area contributed by atoms with Crippen molar-refractivity contribution in [3.63, 3.8) is 0 Å². The van der Waals surface area contributed by atoms with Crippen LogP contribution in [0.15, 0.2) is 18.2 Å². The highest BCUT2D eigenvalue weighted by Gasteiger charge is 2.22. The molecule has 1 heterocycles. The van der Waals surface area contributed by atoms with E-state index in [1.807, 2.05) is 0 Å². The summed E-state index contributed by atoms with van der Waals surface area (Å²) in [5.74, 6) is 1.81. The molecule has 1 saturated carbocycles. The van der Waals surface area contributed by atoms with E-state index in [0.717, 1.165) is 11.0 Å². The fraction of sp³-hybridized carbons (Fsp3) is 0.562. The zero-order chi connectivity index (χ0) is 13.5. The lowest BCUT2D eigenvalue weighted by molar-refractivity contribution is 0.539. The van der Waals surface area contributed by atoms with Crippen molar-refractivity contribution in [3.05, 3.63) is 29.6 Å². The Morgan fingerprint density at radius 1 is 1.32 bits per heavy atom. The Hall–Kier alpha value is -1.35. The largest absolute Gasteiger partial charge is 0.342 e. The van der Waals surface area contributed by atoms with Gasteiger partial charge in [-0.1, -0.05) is 32.8 Å². The van der Waals surface area contributed by atoms with Crippen molar-refractivity contribution >= 4 is 11.0 Å². The van der Waals surface area contributed by atoms with E-state index in [1.165, 1.54) is 37.1 Å². The van der Waals surface area contributed by atoms with Crippen LogP contribution < -0.4 is 5.73 Å². The number of imidazole rings is 1. The van der Waals surface area contributed by atoms with Crippen LogP contribution in [0.5, 0.6) is 0 Å². The minimum Gasteiger partial charge on any atom is -0.342 e. The molecule has 3 nitrogen and oxygen atoms in total. The normalized spacial score (nSPS) is 17.4. The van der Waals surface area contributed by atoms with Crippen molar-refractivity contribution < 1.29 is 0 Å². The standard InChI is InChI=1S/C16H23N3/c1-16(2,10-17)12-7-8-13-14(9-12)19-15(18-13)11-5-3-4-6-11/h7-9,11H,3-6,10,17H2,1-2H3,(H,18,19). The van der Waals surface area contributed by atoms with Gasteiger partial charge in [0, 0.05) is 17.9 Å². The van der Waals surface area contributed by atoms with Gasteiger partial charge in [0.25, 0.3) is 0 Å². The van der Waals surface area contributed by atoms with E-state index in [9.17, 15) is 0 Å². The summed E-state index contributed by atoms with van der Waals surface area (Å²) in [5.41, 5.74) is 9.40. The van der Waals surface area contributed by atoms with Gasteiger partial charge in [-0.2, -0.15) is 0 Å². The van der Waals surface area contributed by atoms with Gasteiger partial charge >= 0.3 is 0 Å². The number of fused-ring (bicyclic) bond motifs is 1. The van der Waals surface area contributed by atoms with E-state index in [2.05, 4.69) is 37.0 Å². The number of aromatic amines is 1. The molecule has 1 fully saturated rings. The van der Waals surface area contributed by atoms with Gasteiger partial charge in [-0.05, 0) is 30.5 Å². The second kappa shape index (κ2) is 4.64. The Morgan fingerprint density at radius 2 is 2.05 bits per heavy atom. The SMILES string of the molecule is CC(C)(CN)c1ccc2nc(C3CCCC3)[nH]c2c1. The van der Waals surface area contributed by atoms with Gasteiger partial charge in [0.2, 0.25) is 0 Å². The molecule has 0 bridgehead atoms. The zero-order valence-electron chi connectivity index (χ0n) is 11.9. The van der Waals surface area contributed by atoms with Crippen molar-refractivity contribution in [1.29, 1.82) is 0 Å². The molecule has 1 aromatic carbocycles. The number of benzene rings is 1. The summed E-state index contributed by atoms with van der Waals surface area (Å²) in [4.78, 5) is 8.28. The first-order chi connectivity index (χ1) is 9.10. The molecule has 3 heteroatoms. The van der Waals surface area contributed by atoms with Crippen molar-refractivity contribution in [2.24, 2.45) is 5.73 Å². The maximum absolute atomic E-state index is 5.86. The minimum atomic E-state index is 0.0207. The van der Waals surface area contributed by atoms with E-state index in [4.69, 9.17) is 10.7 Å². The summed E-state index contributed by atoms with van der Waals surface area (Å²) in [5, 5.41) is 0. The molecule has 0 spiro atoms. The summed E-state index contributed by atoms with van der Waals surface area (Å²) >= 11 is 0. The molecule has 0 aliphatic heterocycles. The number of nitrogens with one attached hydrogen (secondary N) is 1. The monoisotopic (exact) mass is 257 g/mol. The third-order valence-corrected chi connectivity index (χ3v) is 4.53. The molecule has 0 radical (unpaired) electrons. The summed E-state index contributed by atoms with van der Waals surface area (Å²) < 4.78 is 0. The van der Waals surface area contributed by atoms with Crippen LogP contribution in [0.1, 0.15) is 56.8 Å². The van der Waals surface area contributed by atoms with Gasteiger partial charge < -0.3 is 10.7 Å². The molecular weight excluding hydrogens is 234 g/mol. The van der Waals surface area contributed by atoms with E-state index in [1.54, 1.807) is 0 Å². The maximum atomic E-state index is 5.86. The third kappa shape index (κ3) is 2.27. The minimum absolute atomic E-state index is 0.0207. The van der Waals surface area contributed by atoms with Crippen LogP contribution in [0, 0.1) is 0 Å². The van der Waals surface area contributed by atoms with Crippen LogP contribution in [0.3, 0.4) is 0 Å². The fourth-order valence-corrected chi connectivity index (χ4v) is 2.96. The molecule has 0 amide bonds. The van der Waals surface area contributed by atoms with Crippen LogP contribution in [-0.2, 0) is 5.41 Å². The summed E-state index contributed by atoms with van der Waals surface area (Å²) in [6, 6.07) is 6.50. The molecule has 1 aromatic heterocycles. The average molecular weight is 257 g/mol. The molecule has 3 rings (SSSR count). The van der Waals surface area contributed by atoms with Crippen LogP contribution in [-0.4, -0.2) is 16.5 Å². The van der Waals surface area contributed by atoms with Gasteiger partial charge in [-0.15, -0.1) is 0 Å². The molecule has 19 heavy (non-hydrogen) atoms. The topological polar surface area (TPSA) is 54.7 Å². The van der Waals surface area contributed by atoms with Gasteiger partial charge in [0.15, 0.2) is 0 Å². The molecule has 3 N–H and O–H groups in total. The second-order valence-corrected chi connectivity index (χ2v) is 6.42. The zero-order valence-corrected chi connectivity index (χ0v) is 11.9. The third-order valence-electron chi connectivity index (χ3n) is 4.53. The highest BCUT2D eigenvalue weighted by molar-refractivity contribution is 5.76. The summed E-state index contributed by atoms with van der Waals surface area (Å²) in [6.45, 7) is 5.02. The molecule has 0 atom stereocenters. The van der Waals surface area contributed by atoms with Crippen LogP contribution in [0.2, 0.25) is 0 Å². The number of nitrogens with two attached hydrogens (primary N) is 1. The van der Waals surface area contributed by atoms with E-state index < -0.39 is 0 Å². The van der Waals surface area contributed by atoms with Gasteiger partial charge in [-0.3, -0.25) is 0 Å². The van der Waals surface area contributed by atoms with Crippen molar-refractivity contribution in [2.45, 2.75) is 50.9 Å². The van der Waals surface area contributed by atoms with Gasteiger partial charge in [0.1, 0.15) is 5.82 Å². The molecule has 0 saturated heterocycles. The Morgan fingerprint density at radius 3 is 2.74 bits per heavy atom. The number of aromatic nitrogens is 2. The number of nitrogens with zero attached hydrogens (tertiary/aromatic N) is 1. The van der Waals surface area contributed by atoms with Gasteiger partial charge in [0.05, 0.1) is 11.0 Å². The Labute approximate surface area is 114 Å². The second-order valence-electron chi connectivity index (χ2n) is 6.42. The summed E-state index contributed by atoms with van der Waals surface area (Å²) in [7, 11) is 0. The van der Waals surface area contributed by atoms with Crippen LogP contribution in [0.4, 0.5) is 0 Å². The molecule has 1 aliphatic rings. The first-order valence-electron chi connectivity index (χ1n) is 7.30. The predicted molar refractivity (Wildman–Crippen MR) is 79.4 cm³/mol. The molecular formula is C16H23N3.